The lowest BCUT2D eigenvalue weighted by atomic mass is 9.93. The third kappa shape index (κ3) is 5.41. The number of anilines is 1. The summed E-state index contributed by atoms with van der Waals surface area (Å²) in [6.07, 6.45) is 4.90. The summed E-state index contributed by atoms with van der Waals surface area (Å²) in [5.41, 5.74) is 2.33. The van der Waals surface area contributed by atoms with Gasteiger partial charge in [0.15, 0.2) is 0 Å². The predicted molar refractivity (Wildman–Crippen MR) is 132 cm³/mol. The number of piperidine rings is 1. The van der Waals surface area contributed by atoms with Crippen molar-refractivity contribution < 1.29 is 14.4 Å². The zero-order valence-corrected chi connectivity index (χ0v) is 20.1. The van der Waals surface area contributed by atoms with Crippen LogP contribution in [0.4, 0.5) is 10.5 Å². The molecule has 2 aromatic carbocycles. The quantitative estimate of drug-likeness (QED) is 0.609. The van der Waals surface area contributed by atoms with Gasteiger partial charge in [-0.05, 0) is 62.3 Å². The van der Waals surface area contributed by atoms with Crippen molar-refractivity contribution in [3.63, 3.8) is 0 Å². The minimum Gasteiger partial charge on any atom is -0.372 e. The third-order valence-electron chi connectivity index (χ3n) is 6.90. The molecule has 180 valence electrons. The van der Waals surface area contributed by atoms with Crippen LogP contribution in [0.15, 0.2) is 54.6 Å². The average molecular weight is 463 g/mol. The predicted octanol–water partition coefficient (Wildman–Crippen LogP) is 3.58. The number of hydrogen-bond acceptors (Lipinski definition) is 4. The number of hydrogen-bond donors (Lipinski definition) is 1. The largest absolute Gasteiger partial charge is 0.372 e. The van der Waals surface area contributed by atoms with Crippen LogP contribution in [0.1, 0.15) is 43.7 Å². The molecule has 0 spiro atoms. The number of nitrogens with one attached hydrogen (secondary N) is 1. The number of urea groups is 1. The maximum Gasteiger partial charge on any atom is 0.325 e. The van der Waals surface area contributed by atoms with Crippen LogP contribution < -0.4 is 10.2 Å². The monoisotopic (exact) mass is 462 g/mol. The van der Waals surface area contributed by atoms with Gasteiger partial charge in [0.05, 0.1) is 0 Å². The van der Waals surface area contributed by atoms with Crippen molar-refractivity contribution >= 4 is 23.5 Å². The summed E-state index contributed by atoms with van der Waals surface area (Å²) < 4.78 is 0. The number of benzene rings is 2. The van der Waals surface area contributed by atoms with Gasteiger partial charge in [-0.2, -0.15) is 0 Å². The van der Waals surface area contributed by atoms with Gasteiger partial charge in [-0.1, -0.05) is 42.5 Å². The van der Waals surface area contributed by atoms with Crippen LogP contribution in [0.2, 0.25) is 0 Å². The number of imide groups is 1. The molecule has 34 heavy (non-hydrogen) atoms. The Morgan fingerprint density at radius 2 is 1.65 bits per heavy atom. The molecule has 0 aliphatic carbocycles. The minimum atomic E-state index is -1.00. The van der Waals surface area contributed by atoms with Crippen molar-refractivity contribution in [2.75, 3.05) is 31.6 Å². The Bertz CT molecular complexity index is 1020. The minimum absolute atomic E-state index is 0.256. The van der Waals surface area contributed by atoms with E-state index in [1.807, 2.05) is 42.5 Å². The Kier molecular flexibility index (Phi) is 7.20. The van der Waals surface area contributed by atoms with E-state index in [2.05, 4.69) is 22.3 Å². The fourth-order valence-corrected chi connectivity index (χ4v) is 4.68. The summed E-state index contributed by atoms with van der Waals surface area (Å²) in [5, 5.41) is 2.79. The van der Waals surface area contributed by atoms with Gasteiger partial charge in [-0.3, -0.25) is 14.5 Å². The number of aryl methyl sites for hydroxylation is 1. The molecular formula is C27H34N4O3. The second-order valence-electron chi connectivity index (χ2n) is 9.60. The normalized spacial score (nSPS) is 20.4. The smallest absolute Gasteiger partial charge is 0.325 e. The molecule has 2 aromatic rings. The highest BCUT2D eigenvalue weighted by atomic mass is 16.2. The van der Waals surface area contributed by atoms with Crippen LogP contribution in [0.25, 0.3) is 0 Å². The topological polar surface area (TPSA) is 73.0 Å². The molecule has 0 aromatic heterocycles. The summed E-state index contributed by atoms with van der Waals surface area (Å²) in [6.45, 7) is 4.08. The summed E-state index contributed by atoms with van der Waals surface area (Å²) >= 11 is 0. The molecule has 2 aliphatic heterocycles. The second-order valence-corrected chi connectivity index (χ2v) is 9.60. The number of amides is 4. The molecule has 0 unspecified atom stereocenters. The molecular weight excluding hydrogens is 428 g/mol. The number of rotatable bonds is 8. The van der Waals surface area contributed by atoms with E-state index in [0.29, 0.717) is 19.4 Å². The van der Waals surface area contributed by atoms with E-state index in [1.54, 1.807) is 18.9 Å². The molecule has 0 bridgehead atoms. The lowest BCUT2D eigenvalue weighted by Crippen LogP contribution is -2.45. The lowest BCUT2D eigenvalue weighted by Gasteiger charge is -2.29. The van der Waals surface area contributed by atoms with Gasteiger partial charge in [0.1, 0.15) is 12.1 Å². The molecule has 0 radical (unpaired) electrons. The standard InChI is InChI=1S/C27H34N4O3/c1-27(16-15-21-9-5-3-6-10-21)25(33)31(26(34)28-27)20-24(32)29(2)19-22-11-13-23(14-12-22)30-17-7-4-8-18-30/h3,5-6,9-14H,4,7-8,15-20H2,1-2H3,(H,28,34)/t27-/m0/s1. The summed E-state index contributed by atoms with van der Waals surface area (Å²) in [6, 6.07) is 17.6. The van der Waals surface area contributed by atoms with Crippen molar-refractivity contribution in [2.24, 2.45) is 0 Å². The van der Waals surface area contributed by atoms with Crippen molar-refractivity contribution in [1.82, 2.24) is 15.1 Å². The van der Waals surface area contributed by atoms with Gasteiger partial charge in [0.2, 0.25) is 5.91 Å². The first-order valence-electron chi connectivity index (χ1n) is 12.1. The Morgan fingerprint density at radius 3 is 2.32 bits per heavy atom. The van der Waals surface area contributed by atoms with Gasteiger partial charge in [-0.25, -0.2) is 4.79 Å². The van der Waals surface area contributed by atoms with Crippen LogP contribution in [-0.4, -0.2) is 59.9 Å². The van der Waals surface area contributed by atoms with Gasteiger partial charge < -0.3 is 15.1 Å². The highest BCUT2D eigenvalue weighted by Gasteiger charge is 2.48. The molecule has 0 saturated carbocycles. The average Bonchev–Trinajstić information content (AvgIpc) is 3.07. The zero-order chi connectivity index (χ0) is 24.1. The molecule has 4 rings (SSSR count). The molecule has 7 nitrogen and oxygen atoms in total. The first-order valence-corrected chi connectivity index (χ1v) is 12.1. The highest BCUT2D eigenvalue weighted by Crippen LogP contribution is 2.24. The SMILES string of the molecule is CN(Cc1ccc(N2CCCCC2)cc1)C(=O)CN1C(=O)N[C@@](C)(CCc2ccccc2)C1=O. The van der Waals surface area contributed by atoms with Crippen molar-refractivity contribution in [2.45, 2.75) is 51.1 Å². The molecule has 7 heteroatoms. The molecule has 1 atom stereocenters. The molecule has 2 aliphatic rings. The van der Waals surface area contributed by atoms with Gasteiger partial charge in [0, 0.05) is 32.4 Å². The Balaban J connectivity index is 1.31. The number of likely N-dealkylation sites (N-methyl/N-ethyl adjacent to an activating group) is 1. The fourth-order valence-electron chi connectivity index (χ4n) is 4.68. The van der Waals surface area contributed by atoms with E-state index in [0.717, 1.165) is 29.1 Å². The Morgan fingerprint density at radius 1 is 0.971 bits per heavy atom. The van der Waals surface area contributed by atoms with Crippen LogP contribution in [0.3, 0.4) is 0 Å². The fraction of sp³-hybridized carbons (Fsp3) is 0.444. The second kappa shape index (κ2) is 10.3. The molecule has 1 N–H and O–H groups in total. The van der Waals surface area contributed by atoms with Crippen molar-refractivity contribution in [3.05, 3.63) is 65.7 Å². The number of carbonyl (C=O) groups excluding carboxylic acids is 3. The van der Waals surface area contributed by atoms with E-state index < -0.39 is 11.6 Å². The van der Waals surface area contributed by atoms with E-state index in [1.165, 1.54) is 24.9 Å². The Labute approximate surface area is 201 Å². The van der Waals surface area contributed by atoms with Crippen LogP contribution in [0.5, 0.6) is 0 Å². The highest BCUT2D eigenvalue weighted by molar-refractivity contribution is 6.08. The third-order valence-corrected chi connectivity index (χ3v) is 6.90. The maximum atomic E-state index is 13.0. The van der Waals surface area contributed by atoms with Crippen LogP contribution in [-0.2, 0) is 22.6 Å². The summed E-state index contributed by atoms with van der Waals surface area (Å²) in [7, 11) is 1.70. The van der Waals surface area contributed by atoms with Crippen molar-refractivity contribution in [1.29, 1.82) is 0 Å². The van der Waals surface area contributed by atoms with E-state index in [4.69, 9.17) is 0 Å². The number of carbonyl (C=O) groups is 3. The molecule has 4 amide bonds. The van der Waals surface area contributed by atoms with E-state index in [-0.39, 0.29) is 18.4 Å². The number of nitrogens with zero attached hydrogens (tertiary/aromatic N) is 3. The van der Waals surface area contributed by atoms with Gasteiger partial charge in [-0.15, -0.1) is 0 Å². The first kappa shape index (κ1) is 23.8. The zero-order valence-electron chi connectivity index (χ0n) is 20.1. The Hall–Kier alpha value is -3.35. The van der Waals surface area contributed by atoms with Crippen LogP contribution >= 0.6 is 0 Å². The summed E-state index contributed by atoms with van der Waals surface area (Å²) in [5.74, 6) is -0.614. The van der Waals surface area contributed by atoms with E-state index >= 15 is 0 Å². The van der Waals surface area contributed by atoms with E-state index in [9.17, 15) is 14.4 Å². The molecule has 2 heterocycles. The lowest BCUT2D eigenvalue weighted by molar-refractivity contribution is -0.138. The van der Waals surface area contributed by atoms with Crippen LogP contribution in [0, 0.1) is 0 Å². The summed E-state index contributed by atoms with van der Waals surface area (Å²) in [4.78, 5) is 43.4. The van der Waals surface area contributed by atoms with Gasteiger partial charge >= 0.3 is 6.03 Å². The van der Waals surface area contributed by atoms with Crippen molar-refractivity contribution in [3.8, 4) is 0 Å². The molecule has 2 saturated heterocycles. The maximum absolute atomic E-state index is 13.0. The van der Waals surface area contributed by atoms with Gasteiger partial charge in [0.25, 0.3) is 5.91 Å². The first-order chi connectivity index (χ1) is 16.4. The molecule has 2 fully saturated rings.